The molecule has 6 heteroatoms. The zero-order valence-electron chi connectivity index (χ0n) is 13.2. The zero-order valence-corrected chi connectivity index (χ0v) is 13.2. The van der Waals surface area contributed by atoms with Gasteiger partial charge >= 0.3 is 5.97 Å². The fraction of sp³-hybridized carbons (Fsp3) is 0.800. The molecule has 0 aromatic heterocycles. The Morgan fingerprint density at radius 1 is 1.19 bits per heavy atom. The van der Waals surface area contributed by atoms with E-state index in [2.05, 4.69) is 0 Å². The molecular formula is C15H26N2O4. The lowest BCUT2D eigenvalue weighted by atomic mass is 9.87. The van der Waals surface area contributed by atoms with Crippen molar-refractivity contribution in [1.82, 2.24) is 4.90 Å². The van der Waals surface area contributed by atoms with Gasteiger partial charge in [-0.15, -0.1) is 0 Å². The number of nitrogens with two attached hydrogens (primary N) is 1. The lowest BCUT2D eigenvalue weighted by molar-refractivity contribution is -0.158. The molecule has 1 fully saturated rings. The van der Waals surface area contributed by atoms with E-state index in [1.54, 1.807) is 25.7 Å². The van der Waals surface area contributed by atoms with Crippen molar-refractivity contribution in [3.8, 4) is 0 Å². The number of ether oxygens (including phenoxy) is 1. The highest BCUT2D eigenvalue weighted by molar-refractivity contribution is 6.04. The highest BCUT2D eigenvalue weighted by atomic mass is 16.5. The molecule has 1 saturated carbocycles. The van der Waals surface area contributed by atoms with Crippen LogP contribution in [0.5, 0.6) is 0 Å². The van der Waals surface area contributed by atoms with Crippen molar-refractivity contribution in [2.24, 2.45) is 11.1 Å². The lowest BCUT2D eigenvalue weighted by Crippen LogP contribution is -2.47. The molecule has 2 N–H and O–H groups in total. The number of ketones is 1. The van der Waals surface area contributed by atoms with E-state index < -0.39 is 17.3 Å². The van der Waals surface area contributed by atoms with Gasteiger partial charge in [-0.05, 0) is 33.6 Å². The number of hydrogen-bond acceptors (Lipinski definition) is 5. The highest BCUT2D eigenvalue weighted by Gasteiger charge is 2.39. The van der Waals surface area contributed by atoms with Crippen molar-refractivity contribution < 1.29 is 19.1 Å². The minimum atomic E-state index is -1.20. The number of primary amides is 1. The first-order valence-corrected chi connectivity index (χ1v) is 7.52. The molecule has 0 heterocycles. The third-order valence-corrected chi connectivity index (χ3v) is 4.03. The van der Waals surface area contributed by atoms with Crippen LogP contribution in [0.15, 0.2) is 0 Å². The van der Waals surface area contributed by atoms with Crippen molar-refractivity contribution in [3.63, 3.8) is 0 Å². The topological polar surface area (TPSA) is 89.7 Å². The number of esters is 1. The van der Waals surface area contributed by atoms with Gasteiger partial charge in [0.2, 0.25) is 5.91 Å². The molecule has 1 aliphatic rings. The Hall–Kier alpha value is -1.43. The third kappa shape index (κ3) is 4.81. The van der Waals surface area contributed by atoms with E-state index >= 15 is 0 Å². The molecule has 0 aromatic carbocycles. The SMILES string of the molecule is CCOC(=O)C(C)(C)C(=O)CN(CC(N)=O)C1CCCC1. The molecular weight excluding hydrogens is 272 g/mol. The maximum absolute atomic E-state index is 12.4. The molecule has 0 spiro atoms. The summed E-state index contributed by atoms with van der Waals surface area (Å²) >= 11 is 0. The number of amides is 1. The smallest absolute Gasteiger partial charge is 0.319 e. The van der Waals surface area contributed by atoms with Crippen LogP contribution in [0.1, 0.15) is 46.5 Å². The number of nitrogens with zero attached hydrogens (tertiary/aromatic N) is 1. The number of carbonyl (C=O) groups is 3. The van der Waals surface area contributed by atoms with Gasteiger partial charge in [-0.1, -0.05) is 12.8 Å². The summed E-state index contributed by atoms with van der Waals surface area (Å²) in [6.07, 6.45) is 4.10. The molecule has 1 aliphatic carbocycles. The highest BCUT2D eigenvalue weighted by Crippen LogP contribution is 2.25. The van der Waals surface area contributed by atoms with Crippen LogP contribution in [0.3, 0.4) is 0 Å². The van der Waals surface area contributed by atoms with Crippen molar-refractivity contribution >= 4 is 17.7 Å². The van der Waals surface area contributed by atoms with Crippen molar-refractivity contribution in [3.05, 3.63) is 0 Å². The van der Waals surface area contributed by atoms with Gasteiger partial charge in [0.05, 0.1) is 19.7 Å². The van der Waals surface area contributed by atoms with Gasteiger partial charge in [0.25, 0.3) is 0 Å². The van der Waals surface area contributed by atoms with E-state index in [9.17, 15) is 14.4 Å². The first-order chi connectivity index (χ1) is 9.78. The molecule has 0 atom stereocenters. The minimum absolute atomic E-state index is 0.0509. The van der Waals surface area contributed by atoms with Gasteiger partial charge in [-0.2, -0.15) is 0 Å². The lowest BCUT2D eigenvalue weighted by Gasteiger charge is -2.30. The van der Waals surface area contributed by atoms with Crippen molar-refractivity contribution in [2.45, 2.75) is 52.5 Å². The van der Waals surface area contributed by atoms with E-state index in [-0.39, 0.29) is 31.5 Å². The molecule has 21 heavy (non-hydrogen) atoms. The molecule has 0 radical (unpaired) electrons. The normalized spacial score (nSPS) is 16.2. The van der Waals surface area contributed by atoms with Crippen LogP contribution < -0.4 is 5.73 Å². The quantitative estimate of drug-likeness (QED) is 0.530. The first kappa shape index (κ1) is 17.6. The number of Topliss-reactive ketones (excluding diaryl/α,β-unsaturated/α-hetero) is 1. The number of hydrogen-bond donors (Lipinski definition) is 1. The molecule has 1 rings (SSSR count). The second kappa shape index (κ2) is 7.54. The standard InChI is InChI=1S/C15H26N2O4/c1-4-21-14(20)15(2,3)12(18)9-17(10-13(16)19)11-7-5-6-8-11/h11H,4-10H2,1-3H3,(H2,16,19). The van der Waals surface area contributed by atoms with Crippen LogP contribution in [0, 0.1) is 5.41 Å². The van der Waals surface area contributed by atoms with Gasteiger partial charge in [-0.3, -0.25) is 19.3 Å². The largest absolute Gasteiger partial charge is 0.465 e. The monoisotopic (exact) mass is 298 g/mol. The predicted octanol–water partition coefficient (Wildman–Crippen LogP) is 0.875. The van der Waals surface area contributed by atoms with Crippen molar-refractivity contribution in [2.75, 3.05) is 19.7 Å². The summed E-state index contributed by atoms with van der Waals surface area (Å²) in [6, 6.07) is 0.194. The molecule has 0 bridgehead atoms. The van der Waals surface area contributed by atoms with Crippen LogP contribution in [-0.4, -0.2) is 48.3 Å². The Kier molecular flexibility index (Phi) is 6.33. The Balaban J connectivity index is 2.74. The van der Waals surface area contributed by atoms with Crippen LogP contribution in [-0.2, 0) is 19.1 Å². The second-order valence-electron chi connectivity index (χ2n) is 6.08. The van der Waals surface area contributed by atoms with E-state index in [1.165, 1.54) is 0 Å². The predicted molar refractivity (Wildman–Crippen MR) is 78.4 cm³/mol. The van der Waals surface area contributed by atoms with Crippen LogP contribution in [0.4, 0.5) is 0 Å². The number of carbonyl (C=O) groups excluding carboxylic acids is 3. The van der Waals surface area contributed by atoms with Crippen LogP contribution in [0.2, 0.25) is 0 Å². The molecule has 0 aliphatic heterocycles. The maximum atomic E-state index is 12.4. The van der Waals surface area contributed by atoms with Crippen LogP contribution in [0.25, 0.3) is 0 Å². The summed E-state index contributed by atoms with van der Waals surface area (Å²) in [5.74, 6) is -1.22. The van der Waals surface area contributed by atoms with Crippen LogP contribution >= 0.6 is 0 Å². The van der Waals surface area contributed by atoms with Gasteiger partial charge < -0.3 is 10.5 Å². The molecule has 6 nitrogen and oxygen atoms in total. The fourth-order valence-electron chi connectivity index (χ4n) is 2.59. The Morgan fingerprint density at radius 3 is 2.24 bits per heavy atom. The fourth-order valence-corrected chi connectivity index (χ4v) is 2.59. The second-order valence-corrected chi connectivity index (χ2v) is 6.08. The first-order valence-electron chi connectivity index (χ1n) is 7.52. The Morgan fingerprint density at radius 2 is 1.76 bits per heavy atom. The van der Waals surface area contributed by atoms with Gasteiger partial charge in [0.1, 0.15) is 5.41 Å². The van der Waals surface area contributed by atoms with E-state index in [1.807, 2.05) is 0 Å². The minimum Gasteiger partial charge on any atom is -0.465 e. The average molecular weight is 298 g/mol. The van der Waals surface area contributed by atoms with Crippen molar-refractivity contribution in [1.29, 1.82) is 0 Å². The van der Waals surface area contributed by atoms with Gasteiger partial charge in [0.15, 0.2) is 5.78 Å². The number of rotatable bonds is 8. The summed E-state index contributed by atoms with van der Waals surface area (Å²) in [6.45, 7) is 5.17. The molecule has 0 aromatic rings. The summed E-state index contributed by atoms with van der Waals surface area (Å²) in [4.78, 5) is 37.3. The molecule has 120 valence electrons. The van der Waals surface area contributed by atoms with Gasteiger partial charge in [-0.25, -0.2) is 0 Å². The summed E-state index contributed by atoms with van der Waals surface area (Å²) < 4.78 is 4.95. The van der Waals surface area contributed by atoms with E-state index in [0.717, 1.165) is 25.7 Å². The van der Waals surface area contributed by atoms with E-state index in [0.29, 0.717) is 0 Å². The Bertz CT molecular complexity index is 400. The molecule has 1 amide bonds. The Labute approximate surface area is 126 Å². The third-order valence-electron chi connectivity index (χ3n) is 4.03. The van der Waals surface area contributed by atoms with E-state index in [4.69, 9.17) is 10.5 Å². The maximum Gasteiger partial charge on any atom is 0.319 e. The van der Waals surface area contributed by atoms with Gasteiger partial charge in [0, 0.05) is 6.04 Å². The molecule has 0 saturated heterocycles. The zero-order chi connectivity index (χ0) is 16.0. The average Bonchev–Trinajstić information content (AvgIpc) is 2.91. The summed E-state index contributed by atoms with van der Waals surface area (Å²) in [7, 11) is 0. The summed E-state index contributed by atoms with van der Waals surface area (Å²) in [5.41, 5.74) is 4.07. The summed E-state index contributed by atoms with van der Waals surface area (Å²) in [5, 5.41) is 0. The molecule has 0 unspecified atom stereocenters.